The van der Waals surface area contributed by atoms with Gasteiger partial charge in [0.2, 0.25) is 5.91 Å². The van der Waals surface area contributed by atoms with Gasteiger partial charge in [-0.1, -0.05) is 53.6 Å². The molecule has 0 unspecified atom stereocenters. The number of benzene rings is 3. The summed E-state index contributed by atoms with van der Waals surface area (Å²) in [4.78, 5) is 28.4. The second-order valence-corrected chi connectivity index (χ2v) is 9.08. The van der Waals surface area contributed by atoms with Crippen molar-refractivity contribution < 1.29 is 9.59 Å². The molecule has 158 valence electrons. The van der Waals surface area contributed by atoms with Crippen LogP contribution in [0, 0.1) is 13.8 Å². The molecule has 0 fully saturated rings. The number of nitrogens with zero attached hydrogens (tertiary/aromatic N) is 1. The first-order chi connectivity index (χ1) is 14.9. The lowest BCUT2D eigenvalue weighted by Crippen LogP contribution is -2.35. The molecule has 0 atom stereocenters. The Kier molecular flexibility index (Phi) is 6.35. The summed E-state index contributed by atoms with van der Waals surface area (Å²) in [6.45, 7) is 4.93. The van der Waals surface area contributed by atoms with Gasteiger partial charge in [0.15, 0.2) is 0 Å². The number of aryl methyl sites for hydroxylation is 2. The fourth-order valence-electron chi connectivity index (χ4n) is 3.58. The molecular weight excluding hydrogens is 428 g/mol. The molecule has 0 saturated heterocycles. The topological polar surface area (TPSA) is 49.4 Å². The third-order valence-corrected chi connectivity index (χ3v) is 6.81. The zero-order valence-corrected chi connectivity index (χ0v) is 19.0. The van der Waals surface area contributed by atoms with Crippen LogP contribution in [-0.4, -0.2) is 17.6 Å². The van der Waals surface area contributed by atoms with Gasteiger partial charge in [-0.15, -0.1) is 11.8 Å². The molecule has 31 heavy (non-hydrogen) atoms. The average molecular weight is 451 g/mol. The van der Waals surface area contributed by atoms with Crippen LogP contribution in [0.5, 0.6) is 0 Å². The normalized spacial score (nSPS) is 13.1. The number of nitrogens with one attached hydrogen (secondary N) is 1. The van der Waals surface area contributed by atoms with E-state index in [0.717, 1.165) is 32.8 Å². The van der Waals surface area contributed by atoms with E-state index in [4.69, 9.17) is 11.6 Å². The number of carbonyl (C=O) groups excluding carboxylic acids is 2. The fourth-order valence-corrected chi connectivity index (χ4v) is 4.70. The maximum Gasteiger partial charge on any atom is 0.251 e. The Bertz CT molecular complexity index is 1160. The minimum absolute atomic E-state index is 0.0482. The molecule has 3 aromatic rings. The van der Waals surface area contributed by atoms with Crippen molar-refractivity contribution in [2.75, 3.05) is 10.7 Å². The van der Waals surface area contributed by atoms with Gasteiger partial charge in [0.1, 0.15) is 0 Å². The van der Waals surface area contributed by atoms with Crippen molar-refractivity contribution in [1.82, 2.24) is 5.32 Å². The molecule has 0 radical (unpaired) electrons. The molecule has 1 aliphatic rings. The first-order valence-corrected chi connectivity index (χ1v) is 11.4. The molecule has 2 amide bonds. The minimum Gasteiger partial charge on any atom is -0.348 e. The Labute approximate surface area is 191 Å². The van der Waals surface area contributed by atoms with Crippen LogP contribution in [0.25, 0.3) is 0 Å². The number of fused-ring (bicyclic) bond motifs is 1. The van der Waals surface area contributed by atoms with Crippen LogP contribution in [0.4, 0.5) is 5.69 Å². The highest BCUT2D eigenvalue weighted by atomic mass is 35.5. The number of thioether (sulfide) groups is 1. The van der Waals surface area contributed by atoms with Gasteiger partial charge >= 0.3 is 0 Å². The first kappa shape index (κ1) is 21.5. The van der Waals surface area contributed by atoms with E-state index in [0.29, 0.717) is 29.4 Å². The summed E-state index contributed by atoms with van der Waals surface area (Å²) in [6, 6.07) is 19.2. The van der Waals surface area contributed by atoms with Crippen molar-refractivity contribution in [1.29, 1.82) is 0 Å². The molecule has 6 heteroatoms. The van der Waals surface area contributed by atoms with E-state index in [1.54, 1.807) is 17.0 Å². The maximum absolute atomic E-state index is 12.8. The molecule has 0 aliphatic carbocycles. The van der Waals surface area contributed by atoms with Gasteiger partial charge < -0.3 is 10.2 Å². The first-order valence-electron chi connectivity index (χ1n) is 10.1. The predicted octanol–water partition coefficient (Wildman–Crippen LogP) is 5.53. The van der Waals surface area contributed by atoms with Crippen LogP contribution in [-0.2, 0) is 17.9 Å². The van der Waals surface area contributed by atoms with Gasteiger partial charge in [0.05, 0.1) is 18.0 Å². The summed E-state index contributed by atoms with van der Waals surface area (Å²) in [5.74, 6) is 0.250. The van der Waals surface area contributed by atoms with Crippen molar-refractivity contribution in [3.63, 3.8) is 0 Å². The molecule has 0 spiro atoms. The fraction of sp³-hybridized carbons (Fsp3) is 0.200. The van der Waals surface area contributed by atoms with E-state index in [-0.39, 0.29) is 11.8 Å². The standard InChI is InChI=1S/C25H23ClN2O2S/c1-16-7-8-17(2)20(11-16)14-28-22-12-18(9-10-23(22)31-15-24(28)29)25(30)27-13-19-5-3-4-6-21(19)26/h3-12H,13-15H2,1-2H3,(H,27,30). The smallest absolute Gasteiger partial charge is 0.251 e. The lowest BCUT2D eigenvalue weighted by atomic mass is 10.0. The van der Waals surface area contributed by atoms with Crippen LogP contribution in [0.3, 0.4) is 0 Å². The Morgan fingerprint density at radius 1 is 1.06 bits per heavy atom. The maximum atomic E-state index is 12.8. The van der Waals surface area contributed by atoms with E-state index >= 15 is 0 Å². The van der Waals surface area contributed by atoms with Gasteiger partial charge in [-0.05, 0) is 54.8 Å². The molecule has 1 heterocycles. The van der Waals surface area contributed by atoms with Crippen molar-refractivity contribution in [3.05, 3.63) is 93.5 Å². The second-order valence-electron chi connectivity index (χ2n) is 7.66. The molecule has 0 aromatic heterocycles. The van der Waals surface area contributed by atoms with Crippen molar-refractivity contribution in [2.45, 2.75) is 31.8 Å². The van der Waals surface area contributed by atoms with Crippen LogP contribution < -0.4 is 10.2 Å². The molecule has 3 aromatic carbocycles. The summed E-state index contributed by atoms with van der Waals surface area (Å²) in [5, 5.41) is 3.54. The molecule has 0 bridgehead atoms. The van der Waals surface area contributed by atoms with E-state index in [1.807, 2.05) is 37.3 Å². The predicted molar refractivity (Wildman–Crippen MR) is 127 cm³/mol. The lowest BCUT2D eigenvalue weighted by Gasteiger charge is -2.30. The zero-order valence-electron chi connectivity index (χ0n) is 17.4. The highest BCUT2D eigenvalue weighted by molar-refractivity contribution is 8.00. The number of rotatable bonds is 5. The quantitative estimate of drug-likeness (QED) is 0.556. The Morgan fingerprint density at radius 2 is 1.87 bits per heavy atom. The van der Waals surface area contributed by atoms with Gasteiger partial charge in [-0.2, -0.15) is 0 Å². The Morgan fingerprint density at radius 3 is 2.68 bits per heavy atom. The van der Waals surface area contributed by atoms with Crippen molar-refractivity contribution in [2.24, 2.45) is 0 Å². The lowest BCUT2D eigenvalue weighted by molar-refractivity contribution is -0.116. The third kappa shape index (κ3) is 4.78. The summed E-state index contributed by atoms with van der Waals surface area (Å²) in [7, 11) is 0. The van der Waals surface area contributed by atoms with Gasteiger partial charge in [0, 0.05) is 22.0 Å². The van der Waals surface area contributed by atoms with E-state index in [1.165, 1.54) is 11.8 Å². The summed E-state index contributed by atoms with van der Waals surface area (Å²) >= 11 is 7.70. The Balaban J connectivity index is 1.58. The van der Waals surface area contributed by atoms with Crippen LogP contribution in [0.2, 0.25) is 5.02 Å². The van der Waals surface area contributed by atoms with Crippen molar-refractivity contribution in [3.8, 4) is 0 Å². The second kappa shape index (κ2) is 9.16. The number of amides is 2. The third-order valence-electron chi connectivity index (χ3n) is 5.39. The van der Waals surface area contributed by atoms with Gasteiger partial charge in [-0.3, -0.25) is 9.59 Å². The molecule has 1 N–H and O–H groups in total. The number of halogens is 1. The zero-order chi connectivity index (χ0) is 22.0. The van der Waals surface area contributed by atoms with E-state index in [9.17, 15) is 9.59 Å². The number of anilines is 1. The summed E-state index contributed by atoms with van der Waals surface area (Å²) in [6.07, 6.45) is 0. The molecule has 0 saturated carbocycles. The van der Waals surface area contributed by atoms with Gasteiger partial charge in [0.25, 0.3) is 5.91 Å². The van der Waals surface area contributed by atoms with Crippen LogP contribution >= 0.6 is 23.4 Å². The van der Waals surface area contributed by atoms with Crippen molar-refractivity contribution >= 4 is 40.9 Å². The summed E-state index contributed by atoms with van der Waals surface area (Å²) in [5.41, 5.74) is 5.58. The Hall–Kier alpha value is -2.76. The van der Waals surface area contributed by atoms with Crippen LogP contribution in [0.1, 0.15) is 32.6 Å². The highest BCUT2D eigenvalue weighted by Crippen LogP contribution is 2.37. The average Bonchev–Trinajstić information content (AvgIpc) is 2.77. The summed E-state index contributed by atoms with van der Waals surface area (Å²) < 4.78 is 0. The number of hydrogen-bond acceptors (Lipinski definition) is 3. The monoisotopic (exact) mass is 450 g/mol. The SMILES string of the molecule is Cc1ccc(C)c(CN2C(=O)CSc3ccc(C(=O)NCc4ccccc4Cl)cc32)c1. The number of hydrogen-bond donors (Lipinski definition) is 1. The molecule has 1 aliphatic heterocycles. The van der Waals surface area contributed by atoms with Gasteiger partial charge in [-0.25, -0.2) is 0 Å². The highest BCUT2D eigenvalue weighted by Gasteiger charge is 2.26. The largest absolute Gasteiger partial charge is 0.348 e. The van der Waals surface area contributed by atoms with Crippen LogP contribution in [0.15, 0.2) is 65.6 Å². The minimum atomic E-state index is -0.197. The number of carbonyl (C=O) groups is 2. The molecule has 4 rings (SSSR count). The molecular formula is C25H23ClN2O2S. The van der Waals surface area contributed by atoms with E-state index in [2.05, 4.69) is 30.4 Å². The van der Waals surface area contributed by atoms with E-state index < -0.39 is 0 Å². The molecule has 4 nitrogen and oxygen atoms in total.